The third-order valence-electron chi connectivity index (χ3n) is 4.01. The summed E-state index contributed by atoms with van der Waals surface area (Å²) in [6.07, 6.45) is 4.54. The molecule has 2 aliphatic rings. The van der Waals surface area contributed by atoms with Gasteiger partial charge in [0.25, 0.3) is 0 Å². The highest BCUT2D eigenvalue weighted by Gasteiger charge is 2.23. The van der Waals surface area contributed by atoms with Gasteiger partial charge in [0.15, 0.2) is 5.90 Å². The smallest absolute Gasteiger partial charge is 0.183 e. The third-order valence-corrected chi connectivity index (χ3v) is 4.01. The summed E-state index contributed by atoms with van der Waals surface area (Å²) in [5, 5.41) is 3.40. The molecule has 3 nitrogen and oxygen atoms in total. The molecule has 1 aromatic carbocycles. The fourth-order valence-corrected chi connectivity index (χ4v) is 2.91. The summed E-state index contributed by atoms with van der Waals surface area (Å²) in [6.45, 7) is 3.05. The number of hydrogen-bond acceptors (Lipinski definition) is 3. The lowest BCUT2D eigenvalue weighted by atomic mass is 9.95. The topological polar surface area (TPSA) is 33.6 Å². The molecule has 0 radical (unpaired) electrons. The third kappa shape index (κ3) is 3.57. The Morgan fingerprint density at radius 2 is 1.89 bits per heavy atom. The van der Waals surface area contributed by atoms with Gasteiger partial charge in [-0.3, -0.25) is 0 Å². The molecule has 0 bridgehead atoms. The van der Waals surface area contributed by atoms with Crippen molar-refractivity contribution < 1.29 is 4.74 Å². The second-order valence-corrected chi connectivity index (χ2v) is 5.57. The molecule has 1 fully saturated rings. The molecule has 0 amide bonds. The summed E-state index contributed by atoms with van der Waals surface area (Å²) in [5.41, 5.74) is 1.35. The Bertz CT molecular complexity index is 424. The Labute approximate surface area is 115 Å². The summed E-state index contributed by atoms with van der Waals surface area (Å²) < 4.78 is 5.77. The summed E-state index contributed by atoms with van der Waals surface area (Å²) in [5.74, 6) is 1.75. The van der Waals surface area contributed by atoms with Crippen molar-refractivity contribution in [2.75, 3.05) is 19.7 Å². The molecule has 0 spiro atoms. The normalized spacial score (nSPS) is 24.0. The minimum Gasteiger partial charge on any atom is -0.479 e. The number of ether oxygens (including phenoxy) is 1. The Morgan fingerprint density at radius 3 is 2.68 bits per heavy atom. The molecule has 0 aromatic heterocycles. The van der Waals surface area contributed by atoms with Crippen LogP contribution in [0.1, 0.15) is 24.8 Å². The van der Waals surface area contributed by atoms with Gasteiger partial charge in [-0.2, -0.15) is 0 Å². The van der Waals surface area contributed by atoms with E-state index in [1.165, 1.54) is 18.4 Å². The average Bonchev–Trinajstić information content (AvgIpc) is 2.88. The molecule has 0 saturated carbocycles. The SMILES string of the molecule is c1ccc(CC2COC(CC3CCNCC3)=N2)cc1. The number of hydrogen-bond donors (Lipinski definition) is 1. The van der Waals surface area contributed by atoms with Gasteiger partial charge in [-0.15, -0.1) is 0 Å². The van der Waals surface area contributed by atoms with E-state index in [0.717, 1.165) is 44.4 Å². The molecule has 2 aliphatic heterocycles. The van der Waals surface area contributed by atoms with E-state index in [1.54, 1.807) is 0 Å². The second-order valence-electron chi connectivity index (χ2n) is 5.57. The molecule has 1 saturated heterocycles. The van der Waals surface area contributed by atoms with Crippen LogP contribution in [-0.2, 0) is 11.2 Å². The summed E-state index contributed by atoms with van der Waals surface area (Å²) >= 11 is 0. The number of benzene rings is 1. The predicted octanol–water partition coefficient (Wildman–Crippen LogP) is 2.42. The lowest BCUT2D eigenvalue weighted by molar-refractivity contribution is 0.292. The molecule has 3 heteroatoms. The first-order valence-corrected chi connectivity index (χ1v) is 7.34. The fraction of sp³-hybridized carbons (Fsp3) is 0.562. The lowest BCUT2D eigenvalue weighted by Gasteiger charge is -2.21. The van der Waals surface area contributed by atoms with Crippen LogP contribution >= 0.6 is 0 Å². The standard InChI is InChI=1S/C16H22N2O/c1-2-4-13(5-3-1)10-15-12-19-16(18-15)11-14-6-8-17-9-7-14/h1-5,14-15,17H,6-12H2. The van der Waals surface area contributed by atoms with Crippen LogP contribution in [0.25, 0.3) is 0 Å². The lowest BCUT2D eigenvalue weighted by Crippen LogP contribution is -2.28. The quantitative estimate of drug-likeness (QED) is 0.900. The second kappa shape index (κ2) is 6.20. The van der Waals surface area contributed by atoms with Crippen molar-refractivity contribution in [3.05, 3.63) is 35.9 Å². The molecule has 0 aliphatic carbocycles. The van der Waals surface area contributed by atoms with Crippen LogP contribution < -0.4 is 5.32 Å². The fourth-order valence-electron chi connectivity index (χ4n) is 2.91. The van der Waals surface area contributed by atoms with E-state index in [0.29, 0.717) is 6.04 Å². The van der Waals surface area contributed by atoms with Gasteiger partial charge in [0.2, 0.25) is 0 Å². The monoisotopic (exact) mass is 258 g/mol. The van der Waals surface area contributed by atoms with E-state index in [1.807, 2.05) is 0 Å². The van der Waals surface area contributed by atoms with Crippen LogP contribution in [0.3, 0.4) is 0 Å². The van der Waals surface area contributed by atoms with Crippen LogP contribution in [0, 0.1) is 5.92 Å². The predicted molar refractivity (Wildman–Crippen MR) is 77.5 cm³/mol. The molecule has 1 atom stereocenters. The van der Waals surface area contributed by atoms with Gasteiger partial charge < -0.3 is 10.1 Å². The van der Waals surface area contributed by atoms with Gasteiger partial charge in [-0.1, -0.05) is 30.3 Å². The number of nitrogens with zero attached hydrogens (tertiary/aromatic N) is 1. The Balaban J connectivity index is 1.52. The van der Waals surface area contributed by atoms with Crippen LogP contribution in [0.5, 0.6) is 0 Å². The summed E-state index contributed by atoms with van der Waals surface area (Å²) in [7, 11) is 0. The van der Waals surface area contributed by atoms with Crippen molar-refractivity contribution in [2.45, 2.75) is 31.7 Å². The molecule has 19 heavy (non-hydrogen) atoms. The zero-order valence-corrected chi connectivity index (χ0v) is 11.3. The van der Waals surface area contributed by atoms with Gasteiger partial charge in [0.1, 0.15) is 6.61 Å². The summed E-state index contributed by atoms with van der Waals surface area (Å²) in [4.78, 5) is 4.75. The van der Waals surface area contributed by atoms with Gasteiger partial charge in [0.05, 0.1) is 6.04 Å². The van der Waals surface area contributed by atoms with E-state index in [4.69, 9.17) is 9.73 Å². The van der Waals surface area contributed by atoms with Crippen LogP contribution in [0.15, 0.2) is 35.3 Å². The molecule has 1 aromatic rings. The highest BCUT2D eigenvalue weighted by atomic mass is 16.5. The minimum atomic E-state index is 0.319. The number of rotatable bonds is 4. The van der Waals surface area contributed by atoms with Crippen LogP contribution in [0.2, 0.25) is 0 Å². The highest BCUT2D eigenvalue weighted by molar-refractivity contribution is 5.78. The van der Waals surface area contributed by atoms with Crippen LogP contribution in [-0.4, -0.2) is 31.6 Å². The van der Waals surface area contributed by atoms with E-state index in [2.05, 4.69) is 35.6 Å². The van der Waals surface area contributed by atoms with E-state index in [-0.39, 0.29) is 0 Å². The highest BCUT2D eigenvalue weighted by Crippen LogP contribution is 2.20. The maximum absolute atomic E-state index is 5.77. The molecule has 1 unspecified atom stereocenters. The molecule has 2 heterocycles. The Morgan fingerprint density at radius 1 is 1.11 bits per heavy atom. The Hall–Kier alpha value is -1.35. The largest absolute Gasteiger partial charge is 0.479 e. The number of aliphatic imine (C=N–C) groups is 1. The zero-order chi connectivity index (χ0) is 12.9. The van der Waals surface area contributed by atoms with Crippen molar-refractivity contribution in [2.24, 2.45) is 10.9 Å². The van der Waals surface area contributed by atoms with Crippen molar-refractivity contribution in [1.29, 1.82) is 0 Å². The van der Waals surface area contributed by atoms with Crippen molar-refractivity contribution >= 4 is 5.90 Å². The van der Waals surface area contributed by atoms with Crippen molar-refractivity contribution in [3.8, 4) is 0 Å². The number of nitrogens with one attached hydrogen (secondary N) is 1. The van der Waals surface area contributed by atoms with E-state index >= 15 is 0 Å². The first-order chi connectivity index (χ1) is 9.40. The van der Waals surface area contributed by atoms with E-state index in [9.17, 15) is 0 Å². The van der Waals surface area contributed by atoms with Gasteiger partial charge >= 0.3 is 0 Å². The van der Waals surface area contributed by atoms with Gasteiger partial charge in [-0.05, 0) is 43.8 Å². The summed E-state index contributed by atoms with van der Waals surface area (Å²) in [6, 6.07) is 10.9. The molecule has 3 rings (SSSR count). The van der Waals surface area contributed by atoms with Gasteiger partial charge in [0, 0.05) is 6.42 Å². The van der Waals surface area contributed by atoms with E-state index < -0.39 is 0 Å². The molecule has 102 valence electrons. The first kappa shape index (κ1) is 12.7. The maximum Gasteiger partial charge on any atom is 0.183 e. The Kier molecular flexibility index (Phi) is 4.13. The van der Waals surface area contributed by atoms with Crippen LogP contribution in [0.4, 0.5) is 0 Å². The first-order valence-electron chi connectivity index (χ1n) is 7.34. The zero-order valence-electron chi connectivity index (χ0n) is 11.3. The van der Waals surface area contributed by atoms with Gasteiger partial charge in [-0.25, -0.2) is 4.99 Å². The molecular weight excluding hydrogens is 236 g/mol. The average molecular weight is 258 g/mol. The minimum absolute atomic E-state index is 0.319. The van der Waals surface area contributed by atoms with Crippen molar-refractivity contribution in [3.63, 3.8) is 0 Å². The number of piperidine rings is 1. The van der Waals surface area contributed by atoms with Crippen molar-refractivity contribution in [1.82, 2.24) is 5.32 Å². The molecule has 1 N–H and O–H groups in total. The maximum atomic E-state index is 5.77. The molecular formula is C16H22N2O.